The molecule has 1 heterocycles. The molecule has 0 atom stereocenters. The molecule has 1 amide bonds. The van der Waals surface area contributed by atoms with Crippen LogP contribution in [0.2, 0.25) is 5.02 Å². The van der Waals surface area contributed by atoms with E-state index >= 15 is 0 Å². The van der Waals surface area contributed by atoms with Gasteiger partial charge in [-0.2, -0.15) is 0 Å². The van der Waals surface area contributed by atoms with Crippen LogP contribution in [-0.2, 0) is 13.1 Å². The van der Waals surface area contributed by atoms with E-state index in [4.69, 9.17) is 16.0 Å². The number of nitrogens with zero attached hydrogens (tertiary/aromatic N) is 1. The molecule has 1 aromatic heterocycles. The van der Waals surface area contributed by atoms with Gasteiger partial charge in [0, 0.05) is 17.1 Å². The SMILES string of the molecule is O=C(c1ccc(Cl)cc1)N(Cc1ccc(F)cc1)Cc1ccco1. The summed E-state index contributed by atoms with van der Waals surface area (Å²) in [5, 5.41) is 0.572. The first-order chi connectivity index (χ1) is 11.6. The van der Waals surface area contributed by atoms with Crippen molar-refractivity contribution in [2.24, 2.45) is 0 Å². The standard InChI is InChI=1S/C19H15ClFNO2/c20-16-7-5-15(6-8-16)19(23)22(13-18-2-1-11-24-18)12-14-3-9-17(21)10-4-14/h1-11H,12-13H2. The van der Waals surface area contributed by atoms with Crippen LogP contribution >= 0.6 is 11.6 Å². The Hall–Kier alpha value is -2.59. The molecule has 0 aliphatic carbocycles. The van der Waals surface area contributed by atoms with Gasteiger partial charge in [0.2, 0.25) is 0 Å². The maximum absolute atomic E-state index is 13.1. The predicted octanol–water partition coefficient (Wildman–Crippen LogP) is 4.91. The van der Waals surface area contributed by atoms with Gasteiger partial charge in [-0.1, -0.05) is 23.7 Å². The molecule has 3 nitrogen and oxygen atoms in total. The molecular formula is C19H15ClFNO2. The maximum Gasteiger partial charge on any atom is 0.254 e. The Morgan fingerprint density at radius 3 is 2.33 bits per heavy atom. The first-order valence-corrected chi connectivity index (χ1v) is 7.81. The number of hydrogen-bond donors (Lipinski definition) is 0. The lowest BCUT2D eigenvalue weighted by molar-refractivity contribution is 0.0717. The lowest BCUT2D eigenvalue weighted by Gasteiger charge is -2.22. The van der Waals surface area contributed by atoms with Crippen LogP contribution in [0, 0.1) is 5.82 Å². The third kappa shape index (κ3) is 4.03. The van der Waals surface area contributed by atoms with Gasteiger partial charge in [-0.15, -0.1) is 0 Å². The van der Waals surface area contributed by atoms with Crippen molar-refractivity contribution in [3.05, 3.63) is 94.7 Å². The van der Waals surface area contributed by atoms with Crippen LogP contribution in [0.4, 0.5) is 4.39 Å². The molecule has 3 rings (SSSR count). The highest BCUT2D eigenvalue weighted by atomic mass is 35.5. The highest BCUT2D eigenvalue weighted by Crippen LogP contribution is 2.17. The number of furan rings is 1. The number of halogens is 2. The highest BCUT2D eigenvalue weighted by molar-refractivity contribution is 6.30. The van der Waals surface area contributed by atoms with Crippen molar-refractivity contribution in [1.82, 2.24) is 4.90 Å². The molecule has 0 saturated heterocycles. The van der Waals surface area contributed by atoms with Crippen molar-refractivity contribution < 1.29 is 13.6 Å². The van der Waals surface area contributed by atoms with E-state index in [0.29, 0.717) is 29.4 Å². The van der Waals surface area contributed by atoms with E-state index in [-0.39, 0.29) is 11.7 Å². The van der Waals surface area contributed by atoms with E-state index in [9.17, 15) is 9.18 Å². The van der Waals surface area contributed by atoms with Gasteiger partial charge in [0.1, 0.15) is 11.6 Å². The zero-order valence-electron chi connectivity index (χ0n) is 12.8. The molecule has 122 valence electrons. The van der Waals surface area contributed by atoms with E-state index < -0.39 is 0 Å². The van der Waals surface area contributed by atoms with Crippen LogP contribution in [0.25, 0.3) is 0 Å². The van der Waals surface area contributed by atoms with Gasteiger partial charge in [0.05, 0.1) is 12.8 Å². The number of carbonyl (C=O) groups is 1. The topological polar surface area (TPSA) is 33.5 Å². The summed E-state index contributed by atoms with van der Waals surface area (Å²) in [6, 6.07) is 16.4. The van der Waals surface area contributed by atoms with E-state index in [1.165, 1.54) is 12.1 Å². The number of rotatable bonds is 5. The Morgan fingerprint density at radius 2 is 1.71 bits per heavy atom. The second kappa shape index (κ2) is 7.32. The highest BCUT2D eigenvalue weighted by Gasteiger charge is 2.18. The lowest BCUT2D eigenvalue weighted by Crippen LogP contribution is -2.30. The van der Waals surface area contributed by atoms with Gasteiger partial charge in [0.25, 0.3) is 5.91 Å². The average molecular weight is 344 g/mol. The van der Waals surface area contributed by atoms with Crippen LogP contribution in [-0.4, -0.2) is 10.8 Å². The third-order valence-electron chi connectivity index (χ3n) is 3.59. The molecular weight excluding hydrogens is 329 g/mol. The van der Waals surface area contributed by atoms with Crippen molar-refractivity contribution in [2.75, 3.05) is 0 Å². The summed E-state index contributed by atoms with van der Waals surface area (Å²) in [6.45, 7) is 0.675. The lowest BCUT2D eigenvalue weighted by atomic mass is 10.1. The zero-order chi connectivity index (χ0) is 16.9. The van der Waals surface area contributed by atoms with Gasteiger partial charge >= 0.3 is 0 Å². The fraction of sp³-hybridized carbons (Fsp3) is 0.105. The minimum atomic E-state index is -0.305. The summed E-state index contributed by atoms with van der Waals surface area (Å²) in [5.41, 5.74) is 1.37. The first-order valence-electron chi connectivity index (χ1n) is 7.43. The molecule has 0 saturated carbocycles. The number of amides is 1. The Labute approximate surface area is 144 Å². The van der Waals surface area contributed by atoms with E-state index in [1.54, 1.807) is 53.6 Å². The van der Waals surface area contributed by atoms with Crippen molar-refractivity contribution in [3.63, 3.8) is 0 Å². The number of hydrogen-bond acceptors (Lipinski definition) is 2. The molecule has 0 radical (unpaired) electrons. The van der Waals surface area contributed by atoms with Crippen LogP contribution in [0.5, 0.6) is 0 Å². The van der Waals surface area contributed by atoms with Crippen LogP contribution in [0.1, 0.15) is 21.7 Å². The number of benzene rings is 2. The minimum absolute atomic E-state index is 0.146. The van der Waals surface area contributed by atoms with Gasteiger partial charge < -0.3 is 9.32 Å². The van der Waals surface area contributed by atoms with Gasteiger partial charge in [-0.05, 0) is 54.1 Å². The van der Waals surface area contributed by atoms with Gasteiger partial charge in [-0.3, -0.25) is 4.79 Å². The summed E-state index contributed by atoms with van der Waals surface area (Å²) in [7, 11) is 0. The fourth-order valence-corrected chi connectivity index (χ4v) is 2.50. The normalized spacial score (nSPS) is 10.6. The van der Waals surface area contributed by atoms with Gasteiger partial charge in [-0.25, -0.2) is 4.39 Å². The minimum Gasteiger partial charge on any atom is -0.467 e. The molecule has 2 aromatic carbocycles. The van der Waals surface area contributed by atoms with Gasteiger partial charge in [0.15, 0.2) is 0 Å². The summed E-state index contributed by atoms with van der Waals surface area (Å²) in [5.74, 6) is 0.229. The molecule has 0 spiro atoms. The summed E-state index contributed by atoms with van der Waals surface area (Å²) >= 11 is 5.88. The first kappa shape index (κ1) is 16.3. The molecule has 24 heavy (non-hydrogen) atoms. The van der Waals surface area contributed by atoms with E-state index in [0.717, 1.165) is 5.56 Å². The molecule has 0 aliphatic heterocycles. The van der Waals surface area contributed by atoms with Crippen molar-refractivity contribution >= 4 is 17.5 Å². The van der Waals surface area contributed by atoms with Crippen molar-refractivity contribution in [2.45, 2.75) is 13.1 Å². The van der Waals surface area contributed by atoms with E-state index in [2.05, 4.69) is 0 Å². The van der Waals surface area contributed by atoms with Crippen molar-refractivity contribution in [1.29, 1.82) is 0 Å². The van der Waals surface area contributed by atoms with Crippen LogP contribution < -0.4 is 0 Å². The zero-order valence-corrected chi connectivity index (χ0v) is 13.5. The monoisotopic (exact) mass is 343 g/mol. The van der Waals surface area contributed by atoms with Crippen LogP contribution in [0.15, 0.2) is 71.3 Å². The molecule has 0 unspecified atom stereocenters. The Morgan fingerprint density at radius 1 is 1.00 bits per heavy atom. The Kier molecular flexibility index (Phi) is 4.96. The summed E-state index contributed by atoms with van der Waals surface area (Å²) in [4.78, 5) is 14.5. The second-order valence-corrected chi connectivity index (χ2v) is 5.81. The average Bonchev–Trinajstić information content (AvgIpc) is 3.09. The summed E-state index contributed by atoms with van der Waals surface area (Å²) in [6.07, 6.45) is 1.57. The third-order valence-corrected chi connectivity index (χ3v) is 3.84. The molecule has 0 aliphatic rings. The molecule has 0 N–H and O–H groups in total. The second-order valence-electron chi connectivity index (χ2n) is 5.37. The maximum atomic E-state index is 13.1. The van der Waals surface area contributed by atoms with E-state index in [1.807, 2.05) is 6.07 Å². The predicted molar refractivity (Wildman–Crippen MR) is 90.1 cm³/mol. The quantitative estimate of drug-likeness (QED) is 0.659. The van der Waals surface area contributed by atoms with Crippen molar-refractivity contribution in [3.8, 4) is 0 Å². The number of carbonyl (C=O) groups excluding carboxylic acids is 1. The molecule has 5 heteroatoms. The van der Waals surface area contributed by atoms with Crippen LogP contribution in [0.3, 0.4) is 0 Å². The Bertz CT molecular complexity index is 798. The molecule has 3 aromatic rings. The molecule has 0 bridgehead atoms. The summed E-state index contributed by atoms with van der Waals surface area (Å²) < 4.78 is 18.4. The Balaban J connectivity index is 1.84. The fourth-order valence-electron chi connectivity index (χ4n) is 2.38. The smallest absolute Gasteiger partial charge is 0.254 e. The largest absolute Gasteiger partial charge is 0.467 e. The molecule has 0 fully saturated rings.